The van der Waals surface area contributed by atoms with Crippen LogP contribution in [0.15, 0.2) is 0 Å². The number of carbonyl (C=O) groups is 2. The van der Waals surface area contributed by atoms with Gasteiger partial charge in [-0.15, -0.1) is 0 Å². The van der Waals surface area contributed by atoms with Gasteiger partial charge in [0.15, 0.2) is 0 Å². The van der Waals surface area contributed by atoms with Crippen LogP contribution in [0.5, 0.6) is 0 Å². The van der Waals surface area contributed by atoms with Crippen LogP contribution in [0, 0.1) is 0 Å². The summed E-state index contributed by atoms with van der Waals surface area (Å²) in [5, 5.41) is 13.7. The molecule has 0 aromatic heterocycles. The predicted octanol–water partition coefficient (Wildman–Crippen LogP) is -1.08. The van der Waals surface area contributed by atoms with Crippen LogP contribution in [0.25, 0.3) is 0 Å². The zero-order chi connectivity index (χ0) is 34.9. The van der Waals surface area contributed by atoms with Gasteiger partial charge < -0.3 is 78.3 Å². The molecule has 286 valence electrons. The van der Waals surface area contributed by atoms with Crippen LogP contribution in [-0.4, -0.2) is 195 Å². The lowest BCUT2D eigenvalue weighted by Gasteiger charge is -2.09. The van der Waals surface area contributed by atoms with Gasteiger partial charge in [-0.05, 0) is 0 Å². The molecule has 0 fully saturated rings. The number of carboxylic acids is 1. The minimum absolute atomic E-state index is 0.00647. The highest BCUT2D eigenvalue weighted by Crippen LogP contribution is 1.88. The first kappa shape index (κ1) is 46.2. The summed E-state index contributed by atoms with van der Waals surface area (Å²) in [5.41, 5.74) is 5.30. The Kier molecular flexibility index (Phi) is 39.9. The van der Waals surface area contributed by atoms with Crippen LogP contribution in [0.3, 0.4) is 0 Å². The zero-order valence-corrected chi connectivity index (χ0v) is 28.5. The fourth-order valence-corrected chi connectivity index (χ4v) is 3.17. The van der Waals surface area contributed by atoms with Crippen molar-refractivity contribution in [2.45, 2.75) is 6.42 Å². The number of aliphatic carboxylic acids is 1. The maximum absolute atomic E-state index is 11.3. The first-order valence-corrected chi connectivity index (χ1v) is 16.5. The molecule has 0 unspecified atom stereocenters. The van der Waals surface area contributed by atoms with Gasteiger partial charge in [-0.2, -0.15) is 0 Å². The molecule has 0 spiro atoms. The molecule has 0 rings (SSSR count). The van der Waals surface area contributed by atoms with Gasteiger partial charge in [0.2, 0.25) is 0 Å². The number of nitrogens with one attached hydrogen (secondary N) is 2. The molecule has 0 aromatic carbocycles. The van der Waals surface area contributed by atoms with Crippen molar-refractivity contribution in [2.75, 3.05) is 178 Å². The van der Waals surface area contributed by atoms with Crippen molar-refractivity contribution >= 4 is 12.0 Å². The van der Waals surface area contributed by atoms with Gasteiger partial charge >= 0.3 is 12.0 Å². The second-order valence-electron chi connectivity index (χ2n) is 9.46. The molecular weight excluding hydrogens is 642 g/mol. The average molecular weight is 704 g/mol. The number of rotatable bonds is 41. The van der Waals surface area contributed by atoms with Crippen molar-refractivity contribution in [2.24, 2.45) is 5.73 Å². The second-order valence-corrected chi connectivity index (χ2v) is 9.46. The molecule has 48 heavy (non-hydrogen) atoms. The highest BCUT2D eigenvalue weighted by Gasteiger charge is 1.99. The minimum atomic E-state index is -0.878. The first-order chi connectivity index (χ1) is 23.7. The van der Waals surface area contributed by atoms with Gasteiger partial charge in [0.1, 0.15) is 0 Å². The summed E-state index contributed by atoms with van der Waals surface area (Å²) < 4.78 is 64.7. The summed E-state index contributed by atoms with van der Waals surface area (Å²) in [5.74, 6) is -0.878. The van der Waals surface area contributed by atoms with Gasteiger partial charge in [-0.1, -0.05) is 0 Å². The third-order valence-electron chi connectivity index (χ3n) is 5.51. The molecule has 0 atom stereocenters. The zero-order valence-electron chi connectivity index (χ0n) is 28.5. The fourth-order valence-electron chi connectivity index (χ4n) is 3.17. The van der Waals surface area contributed by atoms with Crippen molar-refractivity contribution < 1.29 is 71.5 Å². The van der Waals surface area contributed by atoms with Gasteiger partial charge in [0, 0.05) is 19.6 Å². The lowest BCUT2D eigenvalue weighted by Crippen LogP contribution is -2.39. The molecule has 5 N–H and O–H groups in total. The van der Waals surface area contributed by atoms with Crippen molar-refractivity contribution in [3.05, 3.63) is 0 Å². The second kappa shape index (κ2) is 41.4. The van der Waals surface area contributed by atoms with E-state index in [9.17, 15) is 9.59 Å². The summed E-state index contributed by atoms with van der Waals surface area (Å²) in [6.45, 7) is 12.1. The number of nitrogens with two attached hydrogens (primary N) is 1. The van der Waals surface area contributed by atoms with E-state index in [2.05, 4.69) is 10.6 Å². The molecule has 2 amide bonds. The molecule has 0 saturated heterocycles. The standard InChI is InChI=1S/C30H61N3O15/c31-2-3-32-30(36)33-4-6-38-8-10-40-12-14-42-16-18-44-20-22-46-24-26-48-28-27-47-25-23-45-21-19-43-17-15-41-13-11-39-9-7-37-5-1-29(34)35/h1-28,31H2,(H,34,35)(H2,32,33,36). The van der Waals surface area contributed by atoms with Crippen molar-refractivity contribution in [3.63, 3.8) is 0 Å². The first-order valence-electron chi connectivity index (χ1n) is 16.5. The number of carboxylic acid groups (broad SMARTS) is 1. The van der Waals surface area contributed by atoms with E-state index in [1.54, 1.807) is 0 Å². The Morgan fingerprint density at radius 1 is 0.375 bits per heavy atom. The van der Waals surface area contributed by atoms with Crippen molar-refractivity contribution in [1.29, 1.82) is 0 Å². The molecular formula is C30H61N3O15. The van der Waals surface area contributed by atoms with E-state index < -0.39 is 5.97 Å². The summed E-state index contributed by atoms with van der Waals surface area (Å²) in [7, 11) is 0. The minimum Gasteiger partial charge on any atom is -0.481 e. The SMILES string of the molecule is NCCNC(=O)NCCOCCOCCOCCOCCOCCOCCOCCOCCOCCOCCOCCOCCC(=O)O. The topological polar surface area (TPSA) is 215 Å². The van der Waals surface area contributed by atoms with E-state index in [1.807, 2.05) is 0 Å². The molecule has 0 saturated carbocycles. The van der Waals surface area contributed by atoms with Crippen LogP contribution in [-0.2, 0) is 61.6 Å². The maximum atomic E-state index is 11.3. The molecule has 0 radical (unpaired) electrons. The Bertz CT molecular complexity index is 671. The third kappa shape index (κ3) is 42.2. The normalized spacial score (nSPS) is 11.3. The van der Waals surface area contributed by atoms with Gasteiger partial charge in [-0.3, -0.25) is 4.79 Å². The highest BCUT2D eigenvalue weighted by molar-refractivity contribution is 5.73. The van der Waals surface area contributed by atoms with Crippen LogP contribution in [0.4, 0.5) is 4.79 Å². The van der Waals surface area contributed by atoms with E-state index >= 15 is 0 Å². The Balaban J connectivity index is 3.07. The van der Waals surface area contributed by atoms with E-state index in [0.717, 1.165) is 0 Å². The third-order valence-corrected chi connectivity index (χ3v) is 5.51. The molecule has 0 aliphatic heterocycles. The van der Waals surface area contributed by atoms with Crippen molar-refractivity contribution in [1.82, 2.24) is 10.6 Å². The molecule has 0 heterocycles. The molecule has 18 nitrogen and oxygen atoms in total. The van der Waals surface area contributed by atoms with Gasteiger partial charge in [0.25, 0.3) is 0 Å². The average Bonchev–Trinajstić information content (AvgIpc) is 3.08. The summed E-state index contributed by atoms with van der Waals surface area (Å²) in [6.07, 6.45) is -0.00647. The lowest BCUT2D eigenvalue weighted by atomic mass is 10.5. The quantitative estimate of drug-likeness (QED) is 0.0557. The van der Waals surface area contributed by atoms with E-state index in [0.29, 0.717) is 172 Å². The Morgan fingerprint density at radius 2 is 0.604 bits per heavy atom. The van der Waals surface area contributed by atoms with Crippen LogP contribution >= 0.6 is 0 Å². The Morgan fingerprint density at radius 3 is 0.854 bits per heavy atom. The predicted molar refractivity (Wildman–Crippen MR) is 173 cm³/mol. The van der Waals surface area contributed by atoms with E-state index in [-0.39, 0.29) is 19.1 Å². The molecule has 18 heteroatoms. The lowest BCUT2D eigenvalue weighted by molar-refractivity contribution is -0.138. The van der Waals surface area contributed by atoms with E-state index in [4.69, 9.17) is 67.7 Å². The molecule has 0 bridgehead atoms. The monoisotopic (exact) mass is 703 g/mol. The number of carbonyl (C=O) groups excluding carboxylic acids is 1. The molecule has 0 aliphatic rings. The Hall–Kier alpha value is -1.78. The van der Waals surface area contributed by atoms with E-state index in [1.165, 1.54) is 0 Å². The summed E-state index contributed by atoms with van der Waals surface area (Å²) in [6, 6.07) is -0.255. The number of amides is 2. The number of hydrogen-bond acceptors (Lipinski definition) is 15. The number of urea groups is 1. The molecule has 0 aliphatic carbocycles. The smallest absolute Gasteiger partial charge is 0.314 e. The summed E-state index contributed by atoms with van der Waals surface area (Å²) in [4.78, 5) is 21.6. The van der Waals surface area contributed by atoms with Crippen LogP contribution < -0.4 is 16.4 Å². The van der Waals surface area contributed by atoms with Gasteiger partial charge in [-0.25, -0.2) is 4.79 Å². The Labute approximate surface area is 284 Å². The van der Waals surface area contributed by atoms with Gasteiger partial charge in [0.05, 0.1) is 165 Å². The highest BCUT2D eigenvalue weighted by atomic mass is 16.6. The largest absolute Gasteiger partial charge is 0.481 e. The fraction of sp³-hybridized carbons (Fsp3) is 0.933. The maximum Gasteiger partial charge on any atom is 0.314 e. The van der Waals surface area contributed by atoms with Crippen molar-refractivity contribution in [3.8, 4) is 0 Å². The van der Waals surface area contributed by atoms with Crippen LogP contribution in [0.2, 0.25) is 0 Å². The number of hydrogen-bond donors (Lipinski definition) is 4. The molecule has 0 aromatic rings. The van der Waals surface area contributed by atoms with Crippen LogP contribution in [0.1, 0.15) is 6.42 Å². The number of ether oxygens (including phenoxy) is 12. The summed E-state index contributed by atoms with van der Waals surface area (Å²) >= 11 is 0.